The van der Waals surface area contributed by atoms with Crippen molar-refractivity contribution in [2.24, 2.45) is 5.92 Å². The Hall–Kier alpha value is -1.78. The van der Waals surface area contributed by atoms with E-state index in [-0.39, 0.29) is 6.42 Å². The van der Waals surface area contributed by atoms with Crippen molar-refractivity contribution in [2.75, 3.05) is 17.6 Å². The van der Waals surface area contributed by atoms with Crippen LogP contribution in [0.2, 0.25) is 0 Å². The fraction of sp³-hybridized carbons (Fsp3) is 0.455. The number of nitrogens with zero attached hydrogens (tertiary/aromatic N) is 1. The van der Waals surface area contributed by atoms with E-state index < -0.39 is 5.97 Å². The van der Waals surface area contributed by atoms with Gasteiger partial charge in [-0.05, 0) is 24.8 Å². The van der Waals surface area contributed by atoms with Crippen LogP contribution in [0.25, 0.3) is 0 Å². The first-order valence-electron chi connectivity index (χ1n) is 5.35. The number of hydrogen-bond acceptors (Lipinski definition) is 4. The molecule has 4 N–H and O–H groups in total. The molecule has 0 bridgehead atoms. The maximum absolute atomic E-state index is 10.5. The van der Waals surface area contributed by atoms with Crippen LogP contribution in [0.15, 0.2) is 12.3 Å². The highest BCUT2D eigenvalue weighted by Gasteiger charge is 2.19. The van der Waals surface area contributed by atoms with E-state index in [0.29, 0.717) is 18.0 Å². The fourth-order valence-corrected chi connectivity index (χ4v) is 1.96. The van der Waals surface area contributed by atoms with Gasteiger partial charge >= 0.3 is 5.97 Å². The number of nitrogens with one attached hydrogen (secondary N) is 1. The number of nitrogen functional groups attached to an aromatic ring is 1. The molecule has 1 aromatic rings. The lowest BCUT2D eigenvalue weighted by molar-refractivity contribution is -0.137. The van der Waals surface area contributed by atoms with Crippen LogP contribution in [-0.2, 0) is 11.2 Å². The van der Waals surface area contributed by atoms with E-state index in [4.69, 9.17) is 10.8 Å². The average molecular weight is 221 g/mol. The van der Waals surface area contributed by atoms with Gasteiger partial charge < -0.3 is 16.2 Å². The molecular formula is C11H15N3O2. The summed E-state index contributed by atoms with van der Waals surface area (Å²) in [5, 5.41) is 11.9. The molecule has 16 heavy (non-hydrogen) atoms. The molecule has 0 saturated carbocycles. The second kappa shape index (κ2) is 4.38. The van der Waals surface area contributed by atoms with E-state index in [2.05, 4.69) is 10.3 Å². The second-order valence-corrected chi connectivity index (χ2v) is 4.15. The highest BCUT2D eigenvalue weighted by atomic mass is 16.4. The summed E-state index contributed by atoms with van der Waals surface area (Å²) in [6, 6.07) is 1.87. The topological polar surface area (TPSA) is 88.2 Å². The maximum Gasteiger partial charge on any atom is 0.303 e. The molecule has 1 atom stereocenters. The Bertz CT molecular complexity index is 406. The molecule has 0 aromatic carbocycles. The lowest BCUT2D eigenvalue weighted by atomic mass is 9.93. The fourth-order valence-electron chi connectivity index (χ4n) is 1.96. The minimum absolute atomic E-state index is 0.219. The molecule has 86 valence electrons. The third-order valence-corrected chi connectivity index (χ3v) is 2.82. The van der Waals surface area contributed by atoms with Gasteiger partial charge in [0.2, 0.25) is 0 Å². The van der Waals surface area contributed by atoms with Crippen molar-refractivity contribution >= 4 is 17.3 Å². The summed E-state index contributed by atoms with van der Waals surface area (Å²) in [7, 11) is 0. The molecule has 2 heterocycles. The number of aliphatic carboxylic acids is 1. The van der Waals surface area contributed by atoms with Crippen molar-refractivity contribution in [1.82, 2.24) is 4.98 Å². The van der Waals surface area contributed by atoms with Crippen LogP contribution < -0.4 is 11.1 Å². The van der Waals surface area contributed by atoms with Gasteiger partial charge in [0.05, 0.1) is 23.3 Å². The molecule has 0 spiro atoms. The molecule has 0 radical (unpaired) electrons. The highest BCUT2D eigenvalue weighted by molar-refractivity contribution is 5.66. The van der Waals surface area contributed by atoms with E-state index in [1.807, 2.05) is 6.07 Å². The van der Waals surface area contributed by atoms with Crippen LogP contribution in [0.4, 0.5) is 11.4 Å². The highest BCUT2D eigenvalue weighted by Crippen LogP contribution is 2.26. The molecule has 0 saturated heterocycles. The van der Waals surface area contributed by atoms with Gasteiger partial charge in [0, 0.05) is 13.0 Å². The first kappa shape index (κ1) is 10.7. The first-order chi connectivity index (χ1) is 7.65. The summed E-state index contributed by atoms with van der Waals surface area (Å²) in [6.07, 6.45) is 3.38. The third-order valence-electron chi connectivity index (χ3n) is 2.82. The number of aromatic nitrogens is 1. The number of pyridine rings is 1. The quantitative estimate of drug-likeness (QED) is 0.711. The van der Waals surface area contributed by atoms with Gasteiger partial charge in [-0.1, -0.05) is 0 Å². The van der Waals surface area contributed by atoms with Gasteiger partial charge in [-0.15, -0.1) is 0 Å². The van der Waals surface area contributed by atoms with Crippen LogP contribution >= 0.6 is 0 Å². The summed E-state index contributed by atoms with van der Waals surface area (Å²) < 4.78 is 0. The van der Waals surface area contributed by atoms with Gasteiger partial charge in [-0.3, -0.25) is 9.78 Å². The normalized spacial score (nSPS) is 18.6. The molecular weight excluding hydrogens is 206 g/mol. The molecule has 1 aliphatic rings. The second-order valence-electron chi connectivity index (χ2n) is 4.15. The number of carbonyl (C=O) groups is 1. The van der Waals surface area contributed by atoms with E-state index >= 15 is 0 Å². The minimum atomic E-state index is -0.740. The Morgan fingerprint density at radius 2 is 2.50 bits per heavy atom. The Kier molecular flexibility index (Phi) is 2.94. The molecule has 5 nitrogen and oxygen atoms in total. The van der Waals surface area contributed by atoms with Crippen molar-refractivity contribution in [2.45, 2.75) is 19.3 Å². The number of carboxylic acids is 1. The Morgan fingerprint density at radius 1 is 1.69 bits per heavy atom. The molecule has 2 rings (SSSR count). The van der Waals surface area contributed by atoms with E-state index in [0.717, 1.165) is 24.3 Å². The zero-order valence-corrected chi connectivity index (χ0v) is 8.94. The Balaban J connectivity index is 2.01. The standard InChI is InChI=1S/C11H15N3O2/c12-8-4-10-9(14-6-8)3-7(5-13-10)1-2-11(15)16/h4,6-7,13H,1-3,5,12H2,(H,15,16). The summed E-state index contributed by atoms with van der Waals surface area (Å²) in [6.45, 7) is 0.797. The zero-order chi connectivity index (χ0) is 11.5. The lowest BCUT2D eigenvalue weighted by Gasteiger charge is -2.25. The molecule has 0 fully saturated rings. The van der Waals surface area contributed by atoms with Crippen LogP contribution in [-0.4, -0.2) is 22.6 Å². The number of anilines is 2. The summed E-state index contributed by atoms with van der Waals surface area (Å²) in [4.78, 5) is 14.7. The number of carboxylic acid groups (broad SMARTS) is 1. The van der Waals surface area contributed by atoms with Crippen molar-refractivity contribution in [3.05, 3.63) is 18.0 Å². The molecule has 1 unspecified atom stereocenters. The molecule has 1 aromatic heterocycles. The zero-order valence-electron chi connectivity index (χ0n) is 8.94. The predicted molar refractivity (Wildman–Crippen MR) is 61.2 cm³/mol. The van der Waals surface area contributed by atoms with E-state index in [9.17, 15) is 4.79 Å². The molecule has 1 aliphatic heterocycles. The van der Waals surface area contributed by atoms with Gasteiger partial charge in [-0.25, -0.2) is 0 Å². The largest absolute Gasteiger partial charge is 0.481 e. The number of fused-ring (bicyclic) bond motifs is 1. The number of nitrogens with two attached hydrogens (primary N) is 1. The average Bonchev–Trinajstić information content (AvgIpc) is 2.26. The van der Waals surface area contributed by atoms with Crippen molar-refractivity contribution in [1.29, 1.82) is 0 Å². The summed E-state index contributed by atoms with van der Waals surface area (Å²) in [5.74, 6) is -0.393. The van der Waals surface area contributed by atoms with Crippen molar-refractivity contribution in [3.63, 3.8) is 0 Å². The number of hydrogen-bond donors (Lipinski definition) is 3. The molecule has 0 amide bonds. The first-order valence-corrected chi connectivity index (χ1v) is 5.35. The predicted octanol–water partition coefficient (Wildman–Crippen LogP) is 1.11. The van der Waals surface area contributed by atoms with Gasteiger partial charge in [0.25, 0.3) is 0 Å². The van der Waals surface area contributed by atoms with Crippen molar-refractivity contribution < 1.29 is 9.90 Å². The third kappa shape index (κ3) is 2.42. The monoisotopic (exact) mass is 221 g/mol. The van der Waals surface area contributed by atoms with Gasteiger partial charge in [0.15, 0.2) is 0 Å². The van der Waals surface area contributed by atoms with Gasteiger partial charge in [0.1, 0.15) is 0 Å². The number of rotatable bonds is 3. The lowest BCUT2D eigenvalue weighted by Crippen LogP contribution is -2.24. The van der Waals surface area contributed by atoms with Gasteiger partial charge in [-0.2, -0.15) is 0 Å². The Labute approximate surface area is 93.7 Å². The molecule has 0 aliphatic carbocycles. The smallest absolute Gasteiger partial charge is 0.303 e. The van der Waals surface area contributed by atoms with Crippen LogP contribution in [0, 0.1) is 5.92 Å². The summed E-state index contributed by atoms with van der Waals surface area (Å²) >= 11 is 0. The maximum atomic E-state index is 10.5. The van der Waals surface area contributed by atoms with E-state index in [1.54, 1.807) is 6.20 Å². The minimum Gasteiger partial charge on any atom is -0.481 e. The van der Waals surface area contributed by atoms with Crippen molar-refractivity contribution in [3.8, 4) is 0 Å². The van der Waals surface area contributed by atoms with Crippen LogP contribution in [0.3, 0.4) is 0 Å². The molecule has 5 heteroatoms. The van der Waals surface area contributed by atoms with Crippen LogP contribution in [0.5, 0.6) is 0 Å². The SMILES string of the molecule is Nc1cnc2c(c1)NCC(CCC(=O)O)C2. The van der Waals surface area contributed by atoms with E-state index in [1.165, 1.54) is 0 Å². The van der Waals surface area contributed by atoms with Crippen LogP contribution in [0.1, 0.15) is 18.5 Å². The summed E-state index contributed by atoms with van der Waals surface area (Å²) in [5.41, 5.74) is 8.24. The Morgan fingerprint density at radius 3 is 3.25 bits per heavy atom.